The van der Waals surface area contributed by atoms with Crippen LogP contribution in [-0.4, -0.2) is 19.7 Å². The molecular weight excluding hydrogens is 314 g/mol. The minimum atomic E-state index is 0.680. The number of pyridine rings is 1. The lowest BCUT2D eigenvalue weighted by molar-refractivity contribution is 0.572. The highest BCUT2D eigenvalue weighted by molar-refractivity contribution is 5.63. The van der Waals surface area contributed by atoms with Crippen LogP contribution in [0.15, 0.2) is 72.0 Å². The van der Waals surface area contributed by atoms with Crippen molar-refractivity contribution in [3.63, 3.8) is 0 Å². The number of hydrogen-bond acceptors (Lipinski definition) is 5. The van der Waals surface area contributed by atoms with E-state index in [4.69, 9.17) is 4.42 Å². The number of hydrogen-bond donors (Lipinski definition) is 1. The molecule has 0 bridgehead atoms. The molecule has 0 radical (unpaired) electrons. The standard InChI is InChI=1S/C19H17N5O/c1-24-12-16(19(23-24)15-3-2-8-20-9-15)10-22-17-6-4-14(5-7-17)18-11-21-13-25-18/h2-9,11-13,22H,10H2,1H3. The third-order valence-electron chi connectivity index (χ3n) is 3.92. The smallest absolute Gasteiger partial charge is 0.181 e. The maximum atomic E-state index is 5.31. The summed E-state index contributed by atoms with van der Waals surface area (Å²) < 4.78 is 7.13. The van der Waals surface area contributed by atoms with Crippen molar-refractivity contribution in [3.05, 3.63) is 73.1 Å². The summed E-state index contributed by atoms with van der Waals surface area (Å²) in [5.41, 5.74) is 5.11. The predicted molar refractivity (Wildman–Crippen MR) is 95.7 cm³/mol. The van der Waals surface area contributed by atoms with Crippen LogP contribution in [0.3, 0.4) is 0 Å². The molecule has 1 N–H and O–H groups in total. The second-order valence-electron chi connectivity index (χ2n) is 5.71. The Labute approximate surface area is 145 Å². The van der Waals surface area contributed by atoms with Crippen molar-refractivity contribution in [2.75, 3.05) is 5.32 Å². The van der Waals surface area contributed by atoms with Gasteiger partial charge in [0.2, 0.25) is 0 Å². The van der Waals surface area contributed by atoms with Crippen LogP contribution in [0.5, 0.6) is 0 Å². The molecule has 0 spiro atoms. The van der Waals surface area contributed by atoms with Crippen molar-refractivity contribution in [2.24, 2.45) is 7.05 Å². The summed E-state index contributed by atoms with van der Waals surface area (Å²) in [7, 11) is 1.93. The number of aromatic nitrogens is 4. The molecule has 4 aromatic rings. The number of anilines is 1. The Hall–Kier alpha value is -3.41. The number of nitrogens with zero attached hydrogens (tertiary/aromatic N) is 4. The van der Waals surface area contributed by atoms with Gasteiger partial charge in [-0.2, -0.15) is 5.10 Å². The lowest BCUT2D eigenvalue weighted by Crippen LogP contribution is -2.00. The molecule has 6 nitrogen and oxygen atoms in total. The summed E-state index contributed by atoms with van der Waals surface area (Å²) in [6.45, 7) is 0.680. The molecule has 1 aromatic carbocycles. The highest BCUT2D eigenvalue weighted by Gasteiger charge is 2.10. The zero-order valence-corrected chi connectivity index (χ0v) is 13.8. The van der Waals surface area contributed by atoms with Gasteiger partial charge in [0.1, 0.15) is 0 Å². The third-order valence-corrected chi connectivity index (χ3v) is 3.92. The van der Waals surface area contributed by atoms with E-state index in [1.807, 2.05) is 60.5 Å². The van der Waals surface area contributed by atoms with Gasteiger partial charge in [-0.1, -0.05) is 0 Å². The zero-order valence-electron chi connectivity index (χ0n) is 13.8. The summed E-state index contributed by atoms with van der Waals surface area (Å²) in [5, 5.41) is 8.00. The molecule has 124 valence electrons. The van der Waals surface area contributed by atoms with Crippen LogP contribution in [0, 0.1) is 0 Å². The average Bonchev–Trinajstić information content (AvgIpc) is 3.31. The van der Waals surface area contributed by atoms with E-state index in [-0.39, 0.29) is 0 Å². The van der Waals surface area contributed by atoms with Crippen LogP contribution in [0.4, 0.5) is 5.69 Å². The minimum absolute atomic E-state index is 0.680. The summed E-state index contributed by atoms with van der Waals surface area (Å²) in [5.74, 6) is 0.762. The Balaban J connectivity index is 1.50. The predicted octanol–water partition coefficient (Wildman–Crippen LogP) is 3.75. The Bertz CT molecular complexity index is 943. The number of benzene rings is 1. The largest absolute Gasteiger partial charge is 0.444 e. The second kappa shape index (κ2) is 6.60. The lowest BCUT2D eigenvalue weighted by Gasteiger charge is -2.07. The van der Waals surface area contributed by atoms with E-state index >= 15 is 0 Å². The molecule has 0 fully saturated rings. The summed E-state index contributed by atoms with van der Waals surface area (Å²) in [6.07, 6.45) is 8.76. The summed E-state index contributed by atoms with van der Waals surface area (Å²) in [6, 6.07) is 12.0. The normalized spacial score (nSPS) is 10.8. The maximum Gasteiger partial charge on any atom is 0.181 e. The van der Waals surface area contributed by atoms with E-state index in [9.17, 15) is 0 Å². The Morgan fingerprint density at radius 3 is 2.64 bits per heavy atom. The number of nitrogens with one attached hydrogen (secondary N) is 1. The molecule has 6 heteroatoms. The fourth-order valence-corrected chi connectivity index (χ4v) is 2.72. The van der Waals surface area contributed by atoms with E-state index in [0.29, 0.717) is 6.54 Å². The Morgan fingerprint density at radius 2 is 1.92 bits per heavy atom. The van der Waals surface area contributed by atoms with Crippen molar-refractivity contribution in [3.8, 4) is 22.6 Å². The van der Waals surface area contributed by atoms with Crippen molar-refractivity contribution in [2.45, 2.75) is 6.54 Å². The van der Waals surface area contributed by atoms with Gasteiger partial charge in [-0.3, -0.25) is 9.67 Å². The van der Waals surface area contributed by atoms with Crippen LogP contribution < -0.4 is 5.32 Å². The molecule has 25 heavy (non-hydrogen) atoms. The van der Waals surface area contributed by atoms with Gasteiger partial charge >= 0.3 is 0 Å². The molecule has 0 saturated heterocycles. The molecule has 0 aliphatic heterocycles. The van der Waals surface area contributed by atoms with Gasteiger partial charge in [-0.15, -0.1) is 0 Å². The second-order valence-corrected chi connectivity index (χ2v) is 5.71. The van der Waals surface area contributed by atoms with Crippen LogP contribution >= 0.6 is 0 Å². The van der Waals surface area contributed by atoms with Crippen LogP contribution in [0.1, 0.15) is 5.56 Å². The molecule has 3 heterocycles. The van der Waals surface area contributed by atoms with Gasteiger partial charge in [0.15, 0.2) is 12.2 Å². The summed E-state index contributed by atoms with van der Waals surface area (Å²) in [4.78, 5) is 8.12. The fraction of sp³-hybridized carbons (Fsp3) is 0.105. The topological polar surface area (TPSA) is 68.8 Å². The quantitative estimate of drug-likeness (QED) is 0.603. The molecule has 0 saturated carbocycles. The van der Waals surface area contributed by atoms with Crippen molar-refractivity contribution < 1.29 is 4.42 Å². The molecule has 0 atom stereocenters. The van der Waals surface area contributed by atoms with Gasteiger partial charge in [0.25, 0.3) is 0 Å². The first-order valence-electron chi connectivity index (χ1n) is 7.95. The molecule has 4 rings (SSSR count). The average molecular weight is 331 g/mol. The van der Waals surface area contributed by atoms with Crippen LogP contribution in [0.2, 0.25) is 0 Å². The maximum absolute atomic E-state index is 5.31. The van der Waals surface area contributed by atoms with Crippen LogP contribution in [0.25, 0.3) is 22.6 Å². The monoisotopic (exact) mass is 331 g/mol. The third kappa shape index (κ3) is 3.28. The van der Waals surface area contributed by atoms with Gasteiger partial charge < -0.3 is 9.73 Å². The van der Waals surface area contributed by atoms with Crippen molar-refractivity contribution in [1.82, 2.24) is 19.7 Å². The lowest BCUT2D eigenvalue weighted by atomic mass is 10.1. The first kappa shape index (κ1) is 15.1. The van der Waals surface area contributed by atoms with Crippen LogP contribution in [-0.2, 0) is 13.6 Å². The van der Waals surface area contributed by atoms with E-state index in [0.717, 1.165) is 33.8 Å². The van der Waals surface area contributed by atoms with Crippen molar-refractivity contribution in [1.29, 1.82) is 0 Å². The fourth-order valence-electron chi connectivity index (χ4n) is 2.72. The highest BCUT2D eigenvalue weighted by Crippen LogP contribution is 2.23. The molecular formula is C19H17N5O. The SMILES string of the molecule is Cn1cc(CNc2ccc(-c3cnco3)cc2)c(-c2cccnc2)n1. The molecule has 0 aliphatic rings. The van der Waals surface area contributed by atoms with Gasteiger partial charge in [0, 0.05) is 54.6 Å². The Kier molecular flexibility index (Phi) is 4.00. The minimum Gasteiger partial charge on any atom is -0.444 e. The van der Waals surface area contributed by atoms with E-state index in [1.165, 1.54) is 6.39 Å². The first-order chi connectivity index (χ1) is 12.3. The Morgan fingerprint density at radius 1 is 1.04 bits per heavy atom. The number of oxazole rings is 1. The van der Waals surface area contributed by atoms with E-state index in [1.54, 1.807) is 12.4 Å². The zero-order chi connectivity index (χ0) is 17.1. The van der Waals surface area contributed by atoms with Gasteiger partial charge in [-0.05, 0) is 36.4 Å². The highest BCUT2D eigenvalue weighted by atomic mass is 16.3. The van der Waals surface area contributed by atoms with Crippen molar-refractivity contribution >= 4 is 5.69 Å². The number of aryl methyl sites for hydroxylation is 1. The van der Waals surface area contributed by atoms with Gasteiger partial charge in [-0.25, -0.2) is 4.98 Å². The van der Waals surface area contributed by atoms with E-state index < -0.39 is 0 Å². The number of rotatable bonds is 5. The molecule has 0 aliphatic carbocycles. The molecule has 3 aromatic heterocycles. The first-order valence-corrected chi connectivity index (χ1v) is 7.95. The van der Waals surface area contributed by atoms with Gasteiger partial charge in [0.05, 0.1) is 11.9 Å². The summed E-state index contributed by atoms with van der Waals surface area (Å²) >= 11 is 0. The molecule has 0 amide bonds. The molecule has 0 unspecified atom stereocenters. The van der Waals surface area contributed by atoms with E-state index in [2.05, 4.69) is 20.4 Å².